The van der Waals surface area contributed by atoms with Crippen LogP contribution in [0.25, 0.3) is 16.8 Å². The van der Waals surface area contributed by atoms with Crippen LogP contribution in [0.1, 0.15) is 50.0 Å². The number of carbonyl (C=O) groups excluding carboxylic acids is 2. The van der Waals surface area contributed by atoms with Crippen molar-refractivity contribution in [3.05, 3.63) is 62.4 Å². The Bertz CT molecular complexity index is 1290. The van der Waals surface area contributed by atoms with Crippen LogP contribution in [0, 0.1) is 18.3 Å². The quantitative estimate of drug-likeness (QED) is 0.193. The number of hydrogen-bond acceptors (Lipinski definition) is 10. The summed E-state index contributed by atoms with van der Waals surface area (Å²) in [6.45, 7) is 6.00. The number of allylic oxidation sites excluding steroid dienone is 1. The molecule has 0 saturated heterocycles. The maximum atomic E-state index is 12.6. The average molecular weight is 526 g/mol. The fraction of sp³-hybridized carbons (Fsp3) is 0.308. The van der Waals surface area contributed by atoms with E-state index in [-0.39, 0.29) is 30.3 Å². The molecule has 3 rings (SSSR count). The molecule has 0 spiro atoms. The fourth-order valence-electron chi connectivity index (χ4n) is 3.26. The smallest absolute Gasteiger partial charge is 0.348 e. The van der Waals surface area contributed by atoms with Gasteiger partial charge in [0.2, 0.25) is 0 Å². The molecule has 10 heteroatoms. The number of esters is 2. The van der Waals surface area contributed by atoms with Gasteiger partial charge >= 0.3 is 11.9 Å². The highest BCUT2D eigenvalue weighted by Crippen LogP contribution is 2.35. The molecular weight excluding hydrogens is 498 g/mol. The summed E-state index contributed by atoms with van der Waals surface area (Å²) < 4.78 is 15.3. The van der Waals surface area contributed by atoms with Crippen molar-refractivity contribution in [2.75, 3.05) is 32.2 Å². The van der Waals surface area contributed by atoms with E-state index in [0.717, 1.165) is 29.0 Å². The summed E-state index contributed by atoms with van der Waals surface area (Å²) in [7, 11) is 1.51. The number of methoxy groups -OCH3 is 1. The zero-order chi connectivity index (χ0) is 26.1. The number of thiazole rings is 1. The second kappa shape index (κ2) is 13.0. The zero-order valence-corrected chi connectivity index (χ0v) is 22.2. The summed E-state index contributed by atoms with van der Waals surface area (Å²) in [6, 6.07) is 10.3. The predicted molar refractivity (Wildman–Crippen MR) is 141 cm³/mol. The monoisotopic (exact) mass is 525 g/mol. The number of nitrogens with one attached hydrogen (secondary N) is 1. The van der Waals surface area contributed by atoms with Crippen LogP contribution < -0.4 is 5.32 Å². The van der Waals surface area contributed by atoms with Gasteiger partial charge in [-0.25, -0.2) is 14.6 Å². The molecule has 0 aliphatic heterocycles. The summed E-state index contributed by atoms with van der Waals surface area (Å²) in [5.41, 5.74) is 3.95. The number of nitriles is 1. The lowest BCUT2D eigenvalue weighted by molar-refractivity contribution is 0.0393. The van der Waals surface area contributed by atoms with Crippen molar-refractivity contribution < 1.29 is 23.8 Å². The highest BCUT2D eigenvalue weighted by atomic mass is 32.1. The van der Waals surface area contributed by atoms with Crippen molar-refractivity contribution in [1.82, 2.24) is 4.98 Å². The van der Waals surface area contributed by atoms with Gasteiger partial charge in [-0.05, 0) is 31.4 Å². The third-order valence-corrected chi connectivity index (χ3v) is 7.27. The fourth-order valence-corrected chi connectivity index (χ4v) is 5.12. The molecular formula is C26H27N3O5S2. The number of ether oxygens (including phenoxy) is 3. The van der Waals surface area contributed by atoms with E-state index < -0.39 is 11.9 Å². The van der Waals surface area contributed by atoms with E-state index in [1.54, 1.807) is 13.8 Å². The minimum atomic E-state index is -0.566. The minimum Gasteiger partial charge on any atom is -0.462 e. The first-order valence-corrected chi connectivity index (χ1v) is 13.0. The van der Waals surface area contributed by atoms with E-state index in [1.165, 1.54) is 30.2 Å². The summed E-state index contributed by atoms with van der Waals surface area (Å²) in [6.07, 6.45) is 2.44. The Balaban J connectivity index is 1.88. The Morgan fingerprint density at radius 3 is 2.53 bits per heavy atom. The van der Waals surface area contributed by atoms with E-state index in [1.807, 2.05) is 17.5 Å². The van der Waals surface area contributed by atoms with Crippen molar-refractivity contribution in [3.8, 4) is 17.3 Å². The first kappa shape index (κ1) is 27.1. The number of benzene rings is 1. The molecule has 0 atom stereocenters. The first-order valence-electron chi connectivity index (χ1n) is 11.3. The van der Waals surface area contributed by atoms with Gasteiger partial charge in [-0.1, -0.05) is 31.2 Å². The lowest BCUT2D eigenvalue weighted by Gasteiger charge is -2.05. The Hall–Kier alpha value is -3.52. The van der Waals surface area contributed by atoms with E-state index in [9.17, 15) is 14.9 Å². The lowest BCUT2D eigenvalue weighted by atomic mass is 10.1. The van der Waals surface area contributed by atoms with Crippen molar-refractivity contribution in [1.29, 1.82) is 5.26 Å². The number of anilines is 1. The van der Waals surface area contributed by atoms with Crippen molar-refractivity contribution >= 4 is 45.2 Å². The van der Waals surface area contributed by atoms with Gasteiger partial charge in [0.1, 0.15) is 33.1 Å². The molecule has 2 heterocycles. The van der Waals surface area contributed by atoms with Crippen molar-refractivity contribution in [2.24, 2.45) is 0 Å². The molecule has 0 amide bonds. The minimum absolute atomic E-state index is 0.0935. The summed E-state index contributed by atoms with van der Waals surface area (Å²) in [5, 5.41) is 15.6. The molecule has 0 saturated carbocycles. The Labute approximate surface area is 218 Å². The zero-order valence-electron chi connectivity index (χ0n) is 20.5. The van der Waals surface area contributed by atoms with Crippen LogP contribution in [0.2, 0.25) is 0 Å². The van der Waals surface area contributed by atoms with Crippen LogP contribution in [0.3, 0.4) is 0 Å². The number of aryl methyl sites for hydroxylation is 1. The largest absolute Gasteiger partial charge is 0.462 e. The molecule has 2 aromatic heterocycles. The van der Waals surface area contributed by atoms with Gasteiger partial charge in [0.05, 0.1) is 24.5 Å². The van der Waals surface area contributed by atoms with Crippen LogP contribution in [0.15, 0.2) is 35.8 Å². The van der Waals surface area contributed by atoms with Gasteiger partial charge in [-0.15, -0.1) is 22.7 Å². The Morgan fingerprint density at radius 1 is 1.14 bits per heavy atom. The molecule has 1 N–H and O–H groups in total. The third kappa shape index (κ3) is 6.37. The molecule has 0 fully saturated rings. The first-order chi connectivity index (χ1) is 17.4. The lowest BCUT2D eigenvalue weighted by Crippen LogP contribution is -2.11. The van der Waals surface area contributed by atoms with Crippen molar-refractivity contribution in [3.63, 3.8) is 0 Å². The number of thiophene rings is 1. The molecule has 36 heavy (non-hydrogen) atoms. The highest BCUT2D eigenvalue weighted by Gasteiger charge is 2.26. The normalized spacial score (nSPS) is 11.1. The van der Waals surface area contributed by atoms with E-state index >= 15 is 0 Å². The standard InChI is InChI=1S/C26H27N3O5S2/c1-5-17-7-9-18(10-8-17)20-15-35-23(29-20)19(13-27)14-28-24-21(25(30)33-6-2)16(3)22(36-24)26(31)34-12-11-32-4/h7-10,14-15,28H,5-6,11-12H2,1-4H3. The second-order valence-corrected chi connectivity index (χ2v) is 9.39. The van der Waals surface area contributed by atoms with E-state index in [0.29, 0.717) is 21.1 Å². The molecule has 1 aromatic carbocycles. The van der Waals surface area contributed by atoms with Gasteiger partial charge in [0.25, 0.3) is 0 Å². The molecule has 0 bridgehead atoms. The molecule has 3 aromatic rings. The third-order valence-electron chi connectivity index (χ3n) is 5.19. The SMILES string of the molecule is CCOC(=O)c1c(NC=C(C#N)c2nc(-c3ccc(CC)cc3)cs2)sc(C(=O)OCCOC)c1C. The molecule has 8 nitrogen and oxygen atoms in total. The van der Waals surface area contributed by atoms with Crippen LogP contribution in [-0.4, -0.2) is 43.9 Å². The topological polar surface area (TPSA) is 111 Å². The van der Waals surface area contributed by atoms with Crippen LogP contribution in [-0.2, 0) is 20.6 Å². The molecule has 0 radical (unpaired) electrons. The predicted octanol–water partition coefficient (Wildman–Crippen LogP) is 5.70. The number of aromatic nitrogens is 1. The Kier molecular flexibility index (Phi) is 9.76. The van der Waals surface area contributed by atoms with Gasteiger partial charge in [-0.2, -0.15) is 5.26 Å². The highest BCUT2D eigenvalue weighted by molar-refractivity contribution is 7.18. The van der Waals surface area contributed by atoms with Crippen LogP contribution in [0.4, 0.5) is 5.00 Å². The van der Waals surface area contributed by atoms with Gasteiger partial charge in [-0.3, -0.25) is 0 Å². The van der Waals surface area contributed by atoms with Gasteiger partial charge < -0.3 is 19.5 Å². The number of rotatable bonds is 11. The summed E-state index contributed by atoms with van der Waals surface area (Å²) in [5.74, 6) is -1.13. The summed E-state index contributed by atoms with van der Waals surface area (Å²) >= 11 is 2.41. The average Bonchev–Trinajstić information content (AvgIpc) is 3.50. The molecule has 188 valence electrons. The maximum Gasteiger partial charge on any atom is 0.348 e. The van der Waals surface area contributed by atoms with Crippen LogP contribution >= 0.6 is 22.7 Å². The molecule has 0 unspecified atom stereocenters. The van der Waals surface area contributed by atoms with Gasteiger partial charge in [0, 0.05) is 24.3 Å². The van der Waals surface area contributed by atoms with Gasteiger partial charge in [0.15, 0.2) is 0 Å². The van der Waals surface area contributed by atoms with Crippen LogP contribution in [0.5, 0.6) is 0 Å². The summed E-state index contributed by atoms with van der Waals surface area (Å²) in [4.78, 5) is 30.1. The maximum absolute atomic E-state index is 12.6. The molecule has 0 aliphatic rings. The van der Waals surface area contributed by atoms with Crippen molar-refractivity contribution in [2.45, 2.75) is 27.2 Å². The van der Waals surface area contributed by atoms with E-state index in [4.69, 9.17) is 14.2 Å². The molecule has 0 aliphatic carbocycles. The number of hydrogen-bond donors (Lipinski definition) is 1. The number of nitrogens with zero attached hydrogens (tertiary/aromatic N) is 2. The number of carbonyl (C=O) groups is 2. The van der Waals surface area contributed by atoms with E-state index in [2.05, 4.69) is 35.4 Å². The second-order valence-electron chi connectivity index (χ2n) is 7.51. The Morgan fingerprint density at radius 2 is 1.89 bits per heavy atom.